The Morgan fingerprint density at radius 1 is 1.53 bits per heavy atom. The van der Waals surface area contributed by atoms with Crippen LogP contribution in [0.4, 0.5) is 5.82 Å². The van der Waals surface area contributed by atoms with E-state index in [0.29, 0.717) is 25.5 Å². The molecule has 0 spiro atoms. The smallest absolute Gasteiger partial charge is 0.242 e. The van der Waals surface area contributed by atoms with Crippen LogP contribution >= 0.6 is 0 Å². The van der Waals surface area contributed by atoms with Crippen molar-refractivity contribution < 1.29 is 9.53 Å². The minimum atomic E-state index is 0.0933. The number of rotatable bonds is 3. The van der Waals surface area contributed by atoms with Crippen LogP contribution in [-0.2, 0) is 9.53 Å². The minimum Gasteiger partial charge on any atom is -0.375 e. The predicted octanol–water partition coefficient (Wildman–Crippen LogP) is 0.549. The number of hydrogen-bond donors (Lipinski definition) is 0. The van der Waals surface area contributed by atoms with Gasteiger partial charge in [-0.3, -0.25) is 9.78 Å². The number of hydrogen-bond acceptors (Lipinski definition) is 5. The summed E-state index contributed by atoms with van der Waals surface area (Å²) in [6.45, 7) is 5.54. The van der Waals surface area contributed by atoms with Crippen LogP contribution in [0.25, 0.3) is 0 Å². The first-order chi connectivity index (χ1) is 9.08. The molecule has 2 heterocycles. The predicted molar refractivity (Wildman–Crippen MR) is 71.9 cm³/mol. The molecule has 0 N–H and O–H groups in total. The second-order valence-corrected chi connectivity index (χ2v) is 4.96. The second kappa shape index (κ2) is 5.97. The summed E-state index contributed by atoms with van der Waals surface area (Å²) in [5, 5.41) is 0. The van der Waals surface area contributed by atoms with Crippen molar-refractivity contribution in [2.45, 2.75) is 26.0 Å². The molecule has 2 rings (SSSR count). The standard InChI is InChI=1S/C13H20N4O2/c1-10-9-19-11(2)7-17(10)13(18)8-16(3)12-6-14-4-5-15-12/h4-6,10-11H,7-9H2,1-3H3/t10-,11-/m0/s1. The Hall–Kier alpha value is -1.69. The SMILES string of the molecule is C[C@H]1CN(C(=O)CN(C)c2cnccn2)[C@@H](C)CO1. The average Bonchev–Trinajstić information content (AvgIpc) is 2.42. The van der Waals surface area contributed by atoms with Crippen molar-refractivity contribution in [3.63, 3.8) is 0 Å². The Balaban J connectivity index is 1.96. The van der Waals surface area contributed by atoms with Crippen LogP contribution in [0.1, 0.15) is 13.8 Å². The lowest BCUT2D eigenvalue weighted by molar-refractivity contribution is -0.141. The van der Waals surface area contributed by atoms with Crippen molar-refractivity contribution in [3.05, 3.63) is 18.6 Å². The Bertz CT molecular complexity index is 426. The molecule has 0 saturated carbocycles. The third-order valence-corrected chi connectivity index (χ3v) is 3.24. The van der Waals surface area contributed by atoms with Crippen molar-refractivity contribution in [1.82, 2.24) is 14.9 Å². The molecule has 2 atom stereocenters. The summed E-state index contributed by atoms with van der Waals surface area (Å²) in [7, 11) is 1.84. The molecule has 0 bridgehead atoms. The molecule has 1 aliphatic heterocycles. The monoisotopic (exact) mass is 264 g/mol. The van der Waals surface area contributed by atoms with E-state index in [1.54, 1.807) is 18.6 Å². The molecular formula is C13H20N4O2. The van der Waals surface area contributed by atoms with Gasteiger partial charge in [0, 0.05) is 26.0 Å². The van der Waals surface area contributed by atoms with Gasteiger partial charge in [0.25, 0.3) is 0 Å². The fourth-order valence-corrected chi connectivity index (χ4v) is 2.11. The van der Waals surface area contributed by atoms with Gasteiger partial charge in [-0.1, -0.05) is 0 Å². The lowest BCUT2D eigenvalue weighted by Crippen LogP contribution is -2.52. The largest absolute Gasteiger partial charge is 0.375 e. The number of morpholine rings is 1. The Kier molecular flexibility index (Phi) is 4.31. The molecule has 1 fully saturated rings. The molecule has 1 amide bonds. The fraction of sp³-hybridized carbons (Fsp3) is 0.615. The van der Waals surface area contributed by atoms with Crippen LogP contribution in [-0.4, -0.2) is 59.7 Å². The van der Waals surface area contributed by atoms with Gasteiger partial charge in [-0.2, -0.15) is 0 Å². The summed E-state index contributed by atoms with van der Waals surface area (Å²) in [5.41, 5.74) is 0. The van der Waals surface area contributed by atoms with Gasteiger partial charge in [-0.05, 0) is 13.8 Å². The number of ether oxygens (including phenoxy) is 1. The first-order valence-corrected chi connectivity index (χ1v) is 6.46. The van der Waals surface area contributed by atoms with Crippen molar-refractivity contribution in [1.29, 1.82) is 0 Å². The Morgan fingerprint density at radius 2 is 2.32 bits per heavy atom. The van der Waals surface area contributed by atoms with Crippen LogP contribution in [0.5, 0.6) is 0 Å². The van der Waals surface area contributed by atoms with Gasteiger partial charge in [0.1, 0.15) is 5.82 Å². The molecule has 19 heavy (non-hydrogen) atoms. The Labute approximate surface area is 113 Å². The number of nitrogens with zero attached hydrogens (tertiary/aromatic N) is 4. The summed E-state index contributed by atoms with van der Waals surface area (Å²) in [4.78, 5) is 24.2. The summed E-state index contributed by atoms with van der Waals surface area (Å²) >= 11 is 0. The third-order valence-electron chi connectivity index (χ3n) is 3.24. The molecule has 0 radical (unpaired) electrons. The number of aromatic nitrogens is 2. The number of carbonyl (C=O) groups excluding carboxylic acids is 1. The second-order valence-electron chi connectivity index (χ2n) is 4.96. The van der Waals surface area contributed by atoms with Crippen LogP contribution in [0.3, 0.4) is 0 Å². The zero-order valence-electron chi connectivity index (χ0n) is 11.6. The van der Waals surface area contributed by atoms with Crippen LogP contribution < -0.4 is 4.90 Å². The van der Waals surface area contributed by atoms with E-state index in [1.165, 1.54) is 0 Å². The van der Waals surface area contributed by atoms with Crippen molar-refractivity contribution in [2.24, 2.45) is 0 Å². The van der Waals surface area contributed by atoms with Gasteiger partial charge < -0.3 is 14.5 Å². The molecular weight excluding hydrogens is 244 g/mol. The molecule has 104 valence electrons. The molecule has 1 aromatic rings. The average molecular weight is 264 g/mol. The van der Waals surface area contributed by atoms with Gasteiger partial charge >= 0.3 is 0 Å². The highest BCUT2D eigenvalue weighted by molar-refractivity contribution is 5.81. The maximum absolute atomic E-state index is 12.3. The number of anilines is 1. The topological polar surface area (TPSA) is 58.6 Å². The summed E-state index contributed by atoms with van der Waals surface area (Å²) in [5.74, 6) is 0.792. The van der Waals surface area contributed by atoms with Gasteiger partial charge in [0.15, 0.2) is 0 Å². The first kappa shape index (κ1) is 13.7. The van der Waals surface area contributed by atoms with E-state index in [9.17, 15) is 4.79 Å². The van der Waals surface area contributed by atoms with Crippen molar-refractivity contribution in [2.75, 3.05) is 31.6 Å². The highest BCUT2D eigenvalue weighted by Gasteiger charge is 2.28. The fourth-order valence-electron chi connectivity index (χ4n) is 2.11. The number of likely N-dealkylation sites (N-methyl/N-ethyl adjacent to an activating group) is 1. The molecule has 1 aromatic heterocycles. The lowest BCUT2D eigenvalue weighted by atomic mass is 10.2. The number of carbonyl (C=O) groups is 1. The van der Waals surface area contributed by atoms with Gasteiger partial charge in [0.05, 0.1) is 31.5 Å². The third kappa shape index (κ3) is 3.41. The molecule has 0 aliphatic carbocycles. The first-order valence-electron chi connectivity index (χ1n) is 6.46. The highest BCUT2D eigenvalue weighted by atomic mass is 16.5. The lowest BCUT2D eigenvalue weighted by Gasteiger charge is -2.37. The van der Waals surface area contributed by atoms with E-state index in [1.807, 2.05) is 30.7 Å². The zero-order chi connectivity index (χ0) is 13.8. The van der Waals surface area contributed by atoms with Gasteiger partial charge in [-0.25, -0.2) is 4.98 Å². The van der Waals surface area contributed by atoms with E-state index >= 15 is 0 Å². The Morgan fingerprint density at radius 3 is 3.00 bits per heavy atom. The van der Waals surface area contributed by atoms with E-state index < -0.39 is 0 Å². The molecule has 6 nitrogen and oxygen atoms in total. The molecule has 6 heteroatoms. The maximum Gasteiger partial charge on any atom is 0.242 e. The van der Waals surface area contributed by atoms with Crippen LogP contribution in [0.2, 0.25) is 0 Å². The summed E-state index contributed by atoms with van der Waals surface area (Å²) in [6, 6.07) is 0.124. The molecule has 1 aliphatic rings. The molecule has 1 saturated heterocycles. The number of amides is 1. The van der Waals surface area contributed by atoms with E-state index in [-0.39, 0.29) is 18.1 Å². The van der Waals surface area contributed by atoms with E-state index in [0.717, 1.165) is 0 Å². The minimum absolute atomic E-state index is 0.0933. The van der Waals surface area contributed by atoms with E-state index in [2.05, 4.69) is 9.97 Å². The zero-order valence-corrected chi connectivity index (χ0v) is 11.6. The van der Waals surface area contributed by atoms with Gasteiger partial charge in [-0.15, -0.1) is 0 Å². The molecule has 0 unspecified atom stereocenters. The van der Waals surface area contributed by atoms with E-state index in [4.69, 9.17) is 4.74 Å². The van der Waals surface area contributed by atoms with Crippen molar-refractivity contribution >= 4 is 11.7 Å². The van der Waals surface area contributed by atoms with Crippen LogP contribution in [0.15, 0.2) is 18.6 Å². The normalized spacial score (nSPS) is 23.2. The summed E-state index contributed by atoms with van der Waals surface area (Å²) in [6.07, 6.45) is 4.99. The maximum atomic E-state index is 12.3. The highest BCUT2D eigenvalue weighted by Crippen LogP contribution is 2.13. The van der Waals surface area contributed by atoms with Crippen molar-refractivity contribution in [3.8, 4) is 0 Å². The molecule has 0 aromatic carbocycles. The summed E-state index contributed by atoms with van der Waals surface area (Å²) < 4.78 is 5.53. The van der Waals surface area contributed by atoms with Gasteiger partial charge in [0.2, 0.25) is 5.91 Å². The van der Waals surface area contributed by atoms with Crippen LogP contribution in [0, 0.1) is 0 Å². The quantitative estimate of drug-likeness (QED) is 0.798.